The zero-order chi connectivity index (χ0) is 26.6. The minimum absolute atomic E-state index is 0.376. The van der Waals surface area contributed by atoms with Crippen molar-refractivity contribution in [1.29, 1.82) is 0 Å². The maximum atomic E-state index is 13.2. The number of fused-ring (bicyclic) bond motifs is 6. The molecule has 0 amide bonds. The lowest BCUT2D eigenvalue weighted by Crippen LogP contribution is -2.33. The van der Waals surface area contributed by atoms with Gasteiger partial charge in [0.15, 0.2) is 5.60 Å². The van der Waals surface area contributed by atoms with E-state index in [2.05, 4.69) is 10.6 Å². The lowest BCUT2D eigenvalue weighted by Gasteiger charge is -2.37. The number of para-hydroxylation sites is 1. The molecular formula is C32H20Cl2N2O3. The molecule has 0 saturated heterocycles. The molecule has 7 heteroatoms. The highest BCUT2D eigenvalue weighted by Gasteiger charge is 2.53. The molecule has 190 valence electrons. The fourth-order valence-corrected chi connectivity index (χ4v) is 5.55. The third-order valence-electron chi connectivity index (χ3n) is 6.98. The first-order chi connectivity index (χ1) is 19.0. The number of rotatable bonds is 4. The van der Waals surface area contributed by atoms with Crippen LogP contribution < -0.4 is 15.4 Å². The zero-order valence-corrected chi connectivity index (χ0v) is 21.9. The minimum atomic E-state index is -1.17. The summed E-state index contributed by atoms with van der Waals surface area (Å²) in [5, 5.41) is 7.72. The van der Waals surface area contributed by atoms with Gasteiger partial charge in [0.1, 0.15) is 11.5 Å². The van der Waals surface area contributed by atoms with Crippen LogP contribution in [0, 0.1) is 0 Å². The van der Waals surface area contributed by atoms with Crippen LogP contribution in [0.4, 0.5) is 22.7 Å². The first kappa shape index (κ1) is 23.7. The van der Waals surface area contributed by atoms with Gasteiger partial charge in [0, 0.05) is 45.5 Å². The van der Waals surface area contributed by atoms with Gasteiger partial charge >= 0.3 is 5.97 Å². The van der Waals surface area contributed by atoms with E-state index >= 15 is 0 Å². The van der Waals surface area contributed by atoms with Crippen LogP contribution in [0.15, 0.2) is 109 Å². The van der Waals surface area contributed by atoms with Crippen molar-refractivity contribution in [2.24, 2.45) is 0 Å². The van der Waals surface area contributed by atoms with Crippen molar-refractivity contribution < 1.29 is 14.3 Å². The number of hydrogen-bond acceptors (Lipinski definition) is 5. The highest BCUT2D eigenvalue weighted by atomic mass is 35.5. The zero-order valence-electron chi connectivity index (χ0n) is 20.4. The van der Waals surface area contributed by atoms with Gasteiger partial charge in [-0.25, -0.2) is 4.79 Å². The molecule has 2 N–H and O–H groups in total. The van der Waals surface area contributed by atoms with E-state index < -0.39 is 5.60 Å². The van der Waals surface area contributed by atoms with Crippen LogP contribution in [-0.4, -0.2) is 5.97 Å². The van der Waals surface area contributed by atoms with Crippen molar-refractivity contribution in [3.05, 3.63) is 141 Å². The standard InChI is InChI=1S/C32H20Cl2N2O3/c33-27-14-11-21(17-28(27)34)36-20-12-15-29-26(16-20)32(24-9-5-4-8-23(24)31(37)39-32)25-13-10-22(18-30(25)38-29)35-19-6-2-1-3-7-19/h1-18,35-36H. The Hall–Kier alpha value is -4.45. The molecule has 2 aliphatic rings. The van der Waals surface area contributed by atoms with Crippen LogP contribution in [0.3, 0.4) is 0 Å². The van der Waals surface area contributed by atoms with Crippen LogP contribution in [0.1, 0.15) is 27.0 Å². The molecule has 0 aromatic heterocycles. The fourth-order valence-electron chi connectivity index (χ4n) is 5.26. The maximum Gasteiger partial charge on any atom is 0.340 e. The Bertz CT molecular complexity index is 1770. The van der Waals surface area contributed by atoms with Gasteiger partial charge in [-0.1, -0.05) is 59.6 Å². The predicted octanol–water partition coefficient (Wildman–Crippen LogP) is 9.05. The molecule has 5 nitrogen and oxygen atoms in total. The third-order valence-corrected chi connectivity index (χ3v) is 7.72. The summed E-state index contributed by atoms with van der Waals surface area (Å²) in [4.78, 5) is 13.2. The third kappa shape index (κ3) is 3.90. The number of benzene rings is 5. The molecule has 0 aliphatic carbocycles. The molecule has 1 spiro atoms. The predicted molar refractivity (Wildman–Crippen MR) is 154 cm³/mol. The first-order valence-corrected chi connectivity index (χ1v) is 13.1. The molecule has 39 heavy (non-hydrogen) atoms. The summed E-state index contributed by atoms with van der Waals surface area (Å²) >= 11 is 12.3. The smallest absolute Gasteiger partial charge is 0.340 e. The van der Waals surface area contributed by atoms with Crippen LogP contribution in [0.5, 0.6) is 11.5 Å². The van der Waals surface area contributed by atoms with Gasteiger partial charge < -0.3 is 20.1 Å². The lowest BCUT2D eigenvalue weighted by molar-refractivity contribution is 0.0224. The minimum Gasteiger partial charge on any atom is -0.456 e. The van der Waals surface area contributed by atoms with Crippen LogP contribution >= 0.6 is 23.2 Å². The number of nitrogens with one attached hydrogen (secondary N) is 2. The number of carbonyl (C=O) groups excluding carboxylic acids is 1. The molecule has 5 aromatic carbocycles. The summed E-state index contributed by atoms with van der Waals surface area (Å²) in [7, 11) is 0. The van der Waals surface area contributed by atoms with Gasteiger partial charge in [0.05, 0.1) is 15.6 Å². The van der Waals surface area contributed by atoms with E-state index in [4.69, 9.17) is 32.7 Å². The number of ether oxygens (including phenoxy) is 2. The lowest BCUT2D eigenvalue weighted by atomic mass is 9.77. The molecular weight excluding hydrogens is 531 g/mol. The summed E-state index contributed by atoms with van der Waals surface area (Å²) < 4.78 is 12.7. The van der Waals surface area contributed by atoms with Crippen LogP contribution in [-0.2, 0) is 10.3 Å². The normalized spacial score (nSPS) is 16.5. The van der Waals surface area contributed by atoms with Gasteiger partial charge in [-0.05, 0) is 66.7 Å². The molecule has 2 heterocycles. The summed E-state index contributed by atoms with van der Waals surface area (Å²) in [6.07, 6.45) is 0. The second-order valence-corrected chi connectivity index (χ2v) is 10.2. The topological polar surface area (TPSA) is 59.6 Å². The van der Waals surface area contributed by atoms with E-state index in [9.17, 15) is 4.79 Å². The average Bonchev–Trinajstić information content (AvgIpc) is 3.24. The molecule has 0 bridgehead atoms. The van der Waals surface area contributed by atoms with Crippen LogP contribution in [0.25, 0.3) is 0 Å². The summed E-state index contributed by atoms with van der Waals surface area (Å²) in [5.74, 6) is 0.834. The number of anilines is 4. The Balaban J connectivity index is 1.37. The van der Waals surface area contributed by atoms with E-state index in [1.165, 1.54) is 0 Å². The summed E-state index contributed by atoms with van der Waals surface area (Å²) in [6, 6.07) is 34.3. The van der Waals surface area contributed by atoms with Gasteiger partial charge in [-0.15, -0.1) is 0 Å². The molecule has 0 fully saturated rings. The van der Waals surface area contributed by atoms with Gasteiger partial charge in [0.2, 0.25) is 0 Å². The van der Waals surface area contributed by atoms with E-state index in [-0.39, 0.29) is 5.97 Å². The fraction of sp³-hybridized carbons (Fsp3) is 0.0312. The maximum absolute atomic E-state index is 13.2. The van der Waals surface area contributed by atoms with Crippen molar-refractivity contribution in [3.8, 4) is 11.5 Å². The Morgan fingerprint density at radius 1 is 0.564 bits per heavy atom. The molecule has 7 rings (SSSR count). The number of carbonyl (C=O) groups is 1. The van der Waals surface area contributed by atoms with Crippen molar-refractivity contribution in [2.75, 3.05) is 10.6 Å². The number of hydrogen-bond donors (Lipinski definition) is 2. The van der Waals surface area contributed by atoms with E-state index in [1.54, 1.807) is 18.2 Å². The second-order valence-electron chi connectivity index (χ2n) is 9.39. The summed E-state index contributed by atoms with van der Waals surface area (Å²) in [5.41, 5.74) is 4.98. The van der Waals surface area contributed by atoms with E-state index in [0.717, 1.165) is 39.4 Å². The SMILES string of the molecule is O=C1OC2(c3ccc(Nc4ccccc4)cc3Oc3ccc(Nc4ccc(Cl)c(Cl)c4)cc32)c2ccccc21. The molecule has 0 radical (unpaired) electrons. The monoisotopic (exact) mass is 550 g/mol. The van der Waals surface area contributed by atoms with Crippen molar-refractivity contribution in [1.82, 2.24) is 0 Å². The first-order valence-electron chi connectivity index (χ1n) is 12.4. The van der Waals surface area contributed by atoms with E-state index in [0.29, 0.717) is 27.1 Å². The van der Waals surface area contributed by atoms with Crippen LogP contribution in [0.2, 0.25) is 10.0 Å². The van der Waals surface area contributed by atoms with E-state index in [1.807, 2.05) is 91.0 Å². The Labute approximate surface area is 234 Å². The Kier molecular flexibility index (Phi) is 5.51. The molecule has 1 atom stereocenters. The quantitative estimate of drug-likeness (QED) is 0.218. The summed E-state index contributed by atoms with van der Waals surface area (Å²) in [6.45, 7) is 0. The molecule has 0 saturated carbocycles. The van der Waals surface area contributed by atoms with Crippen molar-refractivity contribution >= 4 is 51.9 Å². The molecule has 2 aliphatic heterocycles. The number of halogens is 2. The van der Waals surface area contributed by atoms with Gasteiger partial charge in [0.25, 0.3) is 0 Å². The van der Waals surface area contributed by atoms with Crippen molar-refractivity contribution in [2.45, 2.75) is 5.60 Å². The second kappa shape index (κ2) is 9.09. The highest BCUT2D eigenvalue weighted by molar-refractivity contribution is 6.42. The molecule has 5 aromatic rings. The Morgan fingerprint density at radius 3 is 2.10 bits per heavy atom. The number of esters is 1. The highest BCUT2D eigenvalue weighted by Crippen LogP contribution is 2.57. The largest absolute Gasteiger partial charge is 0.456 e. The Morgan fingerprint density at radius 2 is 1.26 bits per heavy atom. The van der Waals surface area contributed by atoms with Gasteiger partial charge in [-0.2, -0.15) is 0 Å². The van der Waals surface area contributed by atoms with Gasteiger partial charge in [-0.3, -0.25) is 0 Å². The van der Waals surface area contributed by atoms with Crippen molar-refractivity contribution in [3.63, 3.8) is 0 Å². The molecule has 1 unspecified atom stereocenters. The average molecular weight is 551 g/mol.